The Hall–Kier alpha value is -3.27. The van der Waals surface area contributed by atoms with Crippen molar-refractivity contribution in [3.05, 3.63) is 35.4 Å². The highest BCUT2D eigenvalue weighted by Crippen LogP contribution is 2.28. The second-order valence-corrected chi connectivity index (χ2v) is 4.87. The third-order valence-corrected chi connectivity index (χ3v) is 3.12. The standard InChI is InChI=1S/C18H18N2O5/c1-4-5-6-8-12-9-7-10-13(16(12)17(21)22)25-18-19-14(23-2)11-15(20-18)24-3/h7,9-11H,4-5H2,1-3H3,(H,21,22). The molecule has 2 rings (SSSR count). The van der Waals surface area contributed by atoms with Gasteiger partial charge in [0.1, 0.15) is 11.3 Å². The summed E-state index contributed by atoms with van der Waals surface area (Å²) in [5.41, 5.74) is 0.324. The van der Waals surface area contributed by atoms with Crippen molar-refractivity contribution < 1.29 is 24.1 Å². The first-order valence-electron chi connectivity index (χ1n) is 7.59. The summed E-state index contributed by atoms with van der Waals surface area (Å²) in [6.07, 6.45) is 1.57. The molecule has 1 heterocycles. The zero-order valence-corrected chi connectivity index (χ0v) is 14.2. The molecule has 1 aromatic carbocycles. The van der Waals surface area contributed by atoms with Gasteiger partial charge in [-0.3, -0.25) is 0 Å². The van der Waals surface area contributed by atoms with Crippen molar-refractivity contribution in [3.8, 4) is 35.4 Å². The number of methoxy groups -OCH3 is 2. The Morgan fingerprint density at radius 2 is 1.88 bits per heavy atom. The van der Waals surface area contributed by atoms with Crippen LogP contribution in [-0.4, -0.2) is 35.3 Å². The number of ether oxygens (including phenoxy) is 3. The third kappa shape index (κ3) is 4.61. The summed E-state index contributed by atoms with van der Waals surface area (Å²) in [5, 5.41) is 9.54. The summed E-state index contributed by atoms with van der Waals surface area (Å²) in [7, 11) is 2.89. The number of unbranched alkanes of at least 4 members (excludes halogenated alkanes) is 1. The maximum absolute atomic E-state index is 11.7. The number of aromatic nitrogens is 2. The van der Waals surface area contributed by atoms with Crippen LogP contribution in [0, 0.1) is 11.8 Å². The molecule has 1 N–H and O–H groups in total. The van der Waals surface area contributed by atoms with Crippen LogP contribution < -0.4 is 14.2 Å². The van der Waals surface area contributed by atoms with Crippen molar-refractivity contribution >= 4 is 5.97 Å². The molecular formula is C18H18N2O5. The number of benzene rings is 1. The first-order chi connectivity index (χ1) is 12.1. The van der Waals surface area contributed by atoms with Gasteiger partial charge < -0.3 is 19.3 Å². The lowest BCUT2D eigenvalue weighted by molar-refractivity contribution is 0.0693. The fourth-order valence-corrected chi connectivity index (χ4v) is 1.96. The Kier molecular flexibility index (Phi) is 6.18. The molecule has 0 aliphatic rings. The van der Waals surface area contributed by atoms with Crippen molar-refractivity contribution in [1.29, 1.82) is 0 Å². The van der Waals surface area contributed by atoms with E-state index in [0.29, 0.717) is 12.0 Å². The highest BCUT2D eigenvalue weighted by atomic mass is 16.5. The second-order valence-electron chi connectivity index (χ2n) is 4.87. The average molecular weight is 342 g/mol. The van der Waals surface area contributed by atoms with Crippen molar-refractivity contribution in [2.45, 2.75) is 19.8 Å². The van der Waals surface area contributed by atoms with Gasteiger partial charge in [-0.15, -0.1) is 0 Å². The predicted molar refractivity (Wildman–Crippen MR) is 90.4 cm³/mol. The van der Waals surface area contributed by atoms with Gasteiger partial charge in [0, 0.05) is 12.0 Å². The van der Waals surface area contributed by atoms with Gasteiger partial charge in [-0.25, -0.2) is 4.79 Å². The molecule has 0 aliphatic heterocycles. The van der Waals surface area contributed by atoms with Crippen molar-refractivity contribution in [3.63, 3.8) is 0 Å². The van der Waals surface area contributed by atoms with E-state index in [2.05, 4.69) is 21.8 Å². The predicted octanol–water partition coefficient (Wildman–Crippen LogP) is 3.14. The van der Waals surface area contributed by atoms with E-state index in [9.17, 15) is 9.90 Å². The van der Waals surface area contributed by atoms with Gasteiger partial charge in [-0.2, -0.15) is 9.97 Å². The minimum absolute atomic E-state index is 0.0449. The Balaban J connectivity index is 2.45. The van der Waals surface area contributed by atoms with Crippen molar-refractivity contribution in [2.24, 2.45) is 0 Å². The second kappa shape index (κ2) is 8.55. The van der Waals surface area contributed by atoms with E-state index >= 15 is 0 Å². The largest absolute Gasteiger partial charge is 0.481 e. The summed E-state index contributed by atoms with van der Waals surface area (Å²) in [4.78, 5) is 19.7. The number of hydrogen-bond donors (Lipinski definition) is 1. The number of carboxylic acids is 1. The Labute approximate surface area is 145 Å². The molecule has 0 spiro atoms. The summed E-state index contributed by atoms with van der Waals surface area (Å²) in [6.45, 7) is 2.00. The topological polar surface area (TPSA) is 90.8 Å². The molecule has 25 heavy (non-hydrogen) atoms. The number of carboxylic acid groups (broad SMARTS) is 1. The van der Waals surface area contributed by atoms with Crippen LogP contribution in [-0.2, 0) is 0 Å². The lowest BCUT2D eigenvalue weighted by Gasteiger charge is -2.10. The Morgan fingerprint density at radius 1 is 1.20 bits per heavy atom. The Bertz CT molecular complexity index is 802. The molecule has 0 atom stereocenters. The SMILES string of the molecule is CCCC#Cc1cccc(Oc2nc(OC)cc(OC)n2)c1C(=O)O. The summed E-state index contributed by atoms with van der Waals surface area (Å²) >= 11 is 0. The molecule has 0 unspecified atom stereocenters. The molecule has 0 aliphatic carbocycles. The van der Waals surface area contributed by atoms with Crippen LogP contribution in [0.15, 0.2) is 24.3 Å². The molecule has 0 fully saturated rings. The maximum Gasteiger partial charge on any atom is 0.340 e. The van der Waals surface area contributed by atoms with E-state index in [0.717, 1.165) is 6.42 Å². The van der Waals surface area contributed by atoms with Gasteiger partial charge in [-0.1, -0.05) is 24.8 Å². The van der Waals surface area contributed by atoms with Crippen molar-refractivity contribution in [1.82, 2.24) is 9.97 Å². The molecule has 0 radical (unpaired) electrons. The first kappa shape index (κ1) is 18.1. The third-order valence-electron chi connectivity index (χ3n) is 3.12. The van der Waals surface area contributed by atoms with Gasteiger partial charge in [0.05, 0.1) is 20.3 Å². The molecule has 0 saturated heterocycles. The van der Waals surface area contributed by atoms with E-state index in [1.165, 1.54) is 26.4 Å². The van der Waals surface area contributed by atoms with Gasteiger partial charge in [0.25, 0.3) is 0 Å². The summed E-state index contributed by atoms with van der Waals surface area (Å²) in [5.74, 6) is 5.21. The van der Waals surface area contributed by atoms with E-state index < -0.39 is 5.97 Å². The molecule has 0 amide bonds. The number of carbonyl (C=O) groups is 1. The summed E-state index contributed by atoms with van der Waals surface area (Å²) in [6, 6.07) is 6.21. The quantitative estimate of drug-likeness (QED) is 0.806. The van der Waals surface area contributed by atoms with Crippen LogP contribution in [0.25, 0.3) is 0 Å². The fourth-order valence-electron chi connectivity index (χ4n) is 1.96. The van der Waals surface area contributed by atoms with Gasteiger partial charge in [0.2, 0.25) is 11.8 Å². The van der Waals surface area contributed by atoms with Crippen LogP contribution in [0.4, 0.5) is 0 Å². The average Bonchev–Trinajstić information content (AvgIpc) is 2.61. The Morgan fingerprint density at radius 3 is 2.44 bits per heavy atom. The van der Waals surface area contributed by atoms with Gasteiger partial charge in [-0.05, 0) is 18.6 Å². The van der Waals surface area contributed by atoms with Crippen LogP contribution >= 0.6 is 0 Å². The number of rotatable bonds is 6. The first-order valence-corrected chi connectivity index (χ1v) is 7.59. The van der Waals surface area contributed by atoms with E-state index in [1.807, 2.05) is 6.92 Å². The highest BCUT2D eigenvalue weighted by molar-refractivity contribution is 5.94. The molecule has 0 bridgehead atoms. The van der Waals surface area contributed by atoms with Crippen LogP contribution in [0.3, 0.4) is 0 Å². The number of aromatic carboxylic acids is 1. The van der Waals surface area contributed by atoms with Crippen molar-refractivity contribution in [2.75, 3.05) is 14.2 Å². The van der Waals surface area contributed by atoms with Crippen LogP contribution in [0.5, 0.6) is 23.5 Å². The van der Waals surface area contributed by atoms with Gasteiger partial charge >= 0.3 is 12.0 Å². The fraction of sp³-hybridized carbons (Fsp3) is 0.278. The normalized spacial score (nSPS) is 9.72. The highest BCUT2D eigenvalue weighted by Gasteiger charge is 2.18. The lowest BCUT2D eigenvalue weighted by atomic mass is 10.1. The minimum Gasteiger partial charge on any atom is -0.481 e. The molecule has 7 nitrogen and oxygen atoms in total. The molecule has 7 heteroatoms. The van der Waals surface area contributed by atoms with E-state index in [4.69, 9.17) is 14.2 Å². The lowest BCUT2D eigenvalue weighted by Crippen LogP contribution is -2.05. The van der Waals surface area contributed by atoms with Crippen LogP contribution in [0.1, 0.15) is 35.7 Å². The zero-order chi connectivity index (χ0) is 18.2. The number of nitrogens with zero attached hydrogens (tertiary/aromatic N) is 2. The summed E-state index contributed by atoms with van der Waals surface area (Å²) < 4.78 is 15.7. The zero-order valence-electron chi connectivity index (χ0n) is 14.2. The van der Waals surface area contributed by atoms with E-state index in [1.54, 1.807) is 12.1 Å². The number of hydrogen-bond acceptors (Lipinski definition) is 6. The molecule has 2 aromatic rings. The molecule has 0 saturated carbocycles. The molecular weight excluding hydrogens is 324 g/mol. The van der Waals surface area contributed by atoms with E-state index in [-0.39, 0.29) is 29.1 Å². The smallest absolute Gasteiger partial charge is 0.340 e. The van der Waals surface area contributed by atoms with Gasteiger partial charge in [0.15, 0.2) is 0 Å². The maximum atomic E-state index is 11.7. The molecule has 130 valence electrons. The minimum atomic E-state index is -1.15. The van der Waals surface area contributed by atoms with Crippen LogP contribution in [0.2, 0.25) is 0 Å². The monoisotopic (exact) mass is 342 g/mol. The molecule has 1 aromatic heterocycles.